The van der Waals surface area contributed by atoms with Gasteiger partial charge in [0.1, 0.15) is 6.54 Å². The molecule has 0 N–H and O–H groups in total. The van der Waals surface area contributed by atoms with Crippen LogP contribution in [0.5, 0.6) is 0 Å². The van der Waals surface area contributed by atoms with Gasteiger partial charge in [0.05, 0.1) is 6.04 Å². The third-order valence-corrected chi connectivity index (χ3v) is 6.31. The summed E-state index contributed by atoms with van der Waals surface area (Å²) in [5.74, 6) is 0.346. The summed E-state index contributed by atoms with van der Waals surface area (Å²) in [6.45, 7) is 1.86. The van der Waals surface area contributed by atoms with Crippen molar-refractivity contribution < 1.29 is 4.79 Å². The minimum absolute atomic E-state index is 0.0169. The molecule has 4 rings (SSSR count). The van der Waals surface area contributed by atoms with Gasteiger partial charge in [0.15, 0.2) is 0 Å². The van der Waals surface area contributed by atoms with Gasteiger partial charge in [-0.25, -0.2) is 9.78 Å². The average Bonchev–Trinajstić information content (AvgIpc) is 2.94. The molecule has 0 aliphatic carbocycles. The first-order valence-corrected chi connectivity index (χ1v) is 10.2. The third-order valence-electron chi connectivity index (χ3n) is 6.31. The second kappa shape index (κ2) is 8.27. The number of aromatic nitrogens is 2. The number of likely N-dealkylation sites (tertiary alicyclic amines) is 2. The fraction of sp³-hybridized carbons (Fsp3) is 0.500. The van der Waals surface area contributed by atoms with Gasteiger partial charge < -0.3 is 9.80 Å². The molecule has 1 amide bonds. The van der Waals surface area contributed by atoms with E-state index in [-0.39, 0.29) is 24.2 Å². The SMILES string of the molecule is CN1CC[C@H](c2ccccc2)[C@@H]2[C@H]1CCCCN2C(=O)Cn1cccnc1=O. The van der Waals surface area contributed by atoms with E-state index in [1.807, 2.05) is 6.07 Å². The Bertz CT molecular complexity index is 866. The van der Waals surface area contributed by atoms with Crippen LogP contribution in [0, 0.1) is 0 Å². The number of nitrogens with zero attached hydrogens (tertiary/aromatic N) is 4. The molecule has 2 aliphatic rings. The fourth-order valence-electron chi connectivity index (χ4n) is 4.91. The quantitative estimate of drug-likeness (QED) is 0.818. The van der Waals surface area contributed by atoms with Crippen molar-refractivity contribution in [3.63, 3.8) is 0 Å². The van der Waals surface area contributed by atoms with Crippen molar-refractivity contribution in [3.8, 4) is 0 Å². The Labute approximate surface area is 165 Å². The van der Waals surface area contributed by atoms with Crippen LogP contribution in [-0.2, 0) is 11.3 Å². The third kappa shape index (κ3) is 3.74. The number of carbonyl (C=O) groups is 1. The average molecular weight is 380 g/mol. The van der Waals surface area contributed by atoms with Crippen molar-refractivity contribution in [1.82, 2.24) is 19.4 Å². The van der Waals surface area contributed by atoms with Crippen LogP contribution in [-0.4, -0.2) is 57.5 Å². The lowest BCUT2D eigenvalue weighted by Crippen LogP contribution is -2.58. The summed E-state index contributed by atoms with van der Waals surface area (Å²) in [5, 5.41) is 0. The molecule has 0 bridgehead atoms. The van der Waals surface area contributed by atoms with Crippen LogP contribution in [0.25, 0.3) is 0 Å². The standard InChI is InChI=1S/C22H28N4O2/c1-24-15-11-18(17-8-3-2-4-9-17)21-19(24)10-5-6-14-26(21)20(27)16-25-13-7-12-23-22(25)28/h2-4,7-9,12-13,18-19,21H,5-6,10-11,14-16H2,1H3/t18-,19-,21-/m1/s1. The van der Waals surface area contributed by atoms with Crippen LogP contribution in [0.2, 0.25) is 0 Å². The number of carbonyl (C=O) groups excluding carboxylic acids is 1. The summed E-state index contributed by atoms with van der Waals surface area (Å²) in [4.78, 5) is 33.6. The molecule has 3 heterocycles. The Balaban J connectivity index is 1.66. The highest BCUT2D eigenvalue weighted by Crippen LogP contribution is 2.38. The first-order chi connectivity index (χ1) is 13.6. The minimum atomic E-state index is -0.373. The van der Waals surface area contributed by atoms with Gasteiger partial charge in [0, 0.05) is 30.9 Å². The predicted molar refractivity (Wildman–Crippen MR) is 108 cm³/mol. The van der Waals surface area contributed by atoms with Crippen LogP contribution >= 0.6 is 0 Å². The van der Waals surface area contributed by atoms with Crippen LogP contribution in [0.4, 0.5) is 0 Å². The smallest absolute Gasteiger partial charge is 0.336 e. The summed E-state index contributed by atoms with van der Waals surface area (Å²) in [6, 6.07) is 12.8. The van der Waals surface area contributed by atoms with Crippen LogP contribution < -0.4 is 5.69 Å². The largest absolute Gasteiger partial charge is 0.347 e. The van der Waals surface area contributed by atoms with Gasteiger partial charge >= 0.3 is 5.69 Å². The molecule has 6 nitrogen and oxygen atoms in total. The Morgan fingerprint density at radius 3 is 2.71 bits per heavy atom. The lowest BCUT2D eigenvalue weighted by atomic mass is 9.79. The predicted octanol–water partition coefficient (Wildman–Crippen LogP) is 2.11. The van der Waals surface area contributed by atoms with E-state index in [9.17, 15) is 9.59 Å². The molecule has 1 aromatic carbocycles. The second-order valence-electron chi connectivity index (χ2n) is 7.96. The molecule has 28 heavy (non-hydrogen) atoms. The monoisotopic (exact) mass is 380 g/mol. The molecular formula is C22H28N4O2. The van der Waals surface area contributed by atoms with Crippen LogP contribution in [0.15, 0.2) is 53.6 Å². The van der Waals surface area contributed by atoms with Crippen LogP contribution in [0.3, 0.4) is 0 Å². The maximum atomic E-state index is 13.3. The Hall–Kier alpha value is -2.47. The summed E-state index contributed by atoms with van der Waals surface area (Å²) in [7, 11) is 2.18. The van der Waals surface area contributed by atoms with Gasteiger partial charge in [-0.3, -0.25) is 9.36 Å². The zero-order valence-electron chi connectivity index (χ0n) is 16.4. The molecule has 0 saturated carbocycles. The first kappa shape index (κ1) is 18.9. The number of hydrogen-bond donors (Lipinski definition) is 0. The molecule has 148 valence electrons. The molecule has 2 aliphatic heterocycles. The van der Waals surface area contributed by atoms with E-state index < -0.39 is 0 Å². The highest BCUT2D eigenvalue weighted by atomic mass is 16.2. The number of amides is 1. The molecule has 0 spiro atoms. The molecule has 0 radical (unpaired) electrons. The van der Waals surface area contributed by atoms with Crippen molar-refractivity contribution in [3.05, 3.63) is 64.8 Å². The van der Waals surface area contributed by atoms with Crippen molar-refractivity contribution in [2.45, 2.75) is 50.2 Å². The van der Waals surface area contributed by atoms with Gasteiger partial charge in [0.2, 0.25) is 5.91 Å². The van der Waals surface area contributed by atoms with E-state index in [0.717, 1.165) is 38.8 Å². The van der Waals surface area contributed by atoms with Gasteiger partial charge in [-0.1, -0.05) is 36.8 Å². The summed E-state index contributed by atoms with van der Waals surface area (Å²) in [6.07, 6.45) is 7.40. The van der Waals surface area contributed by atoms with Gasteiger partial charge in [-0.2, -0.15) is 0 Å². The van der Waals surface area contributed by atoms with E-state index >= 15 is 0 Å². The van der Waals surface area contributed by atoms with Crippen LogP contribution in [0.1, 0.15) is 37.2 Å². The number of fused-ring (bicyclic) bond motifs is 1. The molecular weight excluding hydrogens is 352 g/mol. The van der Waals surface area contributed by atoms with E-state index in [2.05, 4.69) is 46.1 Å². The minimum Gasteiger partial charge on any atom is -0.336 e. The first-order valence-electron chi connectivity index (χ1n) is 10.2. The van der Waals surface area contributed by atoms with E-state index in [1.54, 1.807) is 12.3 Å². The van der Waals surface area contributed by atoms with Gasteiger partial charge in [-0.05, 0) is 44.5 Å². The molecule has 1 aromatic heterocycles. The fourth-order valence-corrected chi connectivity index (χ4v) is 4.91. The maximum absolute atomic E-state index is 13.3. The Kier molecular flexibility index (Phi) is 5.57. The number of likely N-dealkylation sites (N-methyl/N-ethyl adjacent to an activating group) is 1. The number of hydrogen-bond acceptors (Lipinski definition) is 4. The number of rotatable bonds is 3. The highest BCUT2D eigenvalue weighted by molar-refractivity contribution is 5.76. The van der Waals surface area contributed by atoms with Crippen molar-refractivity contribution in [2.75, 3.05) is 20.1 Å². The summed E-state index contributed by atoms with van der Waals surface area (Å²) in [5.41, 5.74) is 0.937. The molecule has 6 heteroatoms. The van der Waals surface area contributed by atoms with E-state index in [4.69, 9.17) is 0 Å². The molecule has 2 saturated heterocycles. The van der Waals surface area contributed by atoms with Crippen molar-refractivity contribution in [1.29, 1.82) is 0 Å². The molecule has 0 unspecified atom stereocenters. The molecule has 2 fully saturated rings. The second-order valence-corrected chi connectivity index (χ2v) is 7.96. The van der Waals surface area contributed by atoms with Crippen molar-refractivity contribution >= 4 is 5.91 Å². The zero-order chi connectivity index (χ0) is 19.5. The maximum Gasteiger partial charge on any atom is 0.347 e. The van der Waals surface area contributed by atoms with Crippen molar-refractivity contribution in [2.24, 2.45) is 0 Å². The summed E-state index contributed by atoms with van der Waals surface area (Å²) >= 11 is 0. The van der Waals surface area contributed by atoms with Gasteiger partial charge in [-0.15, -0.1) is 0 Å². The number of benzene rings is 1. The summed E-state index contributed by atoms with van der Waals surface area (Å²) < 4.78 is 1.41. The normalized spacial score (nSPS) is 25.8. The molecule has 3 atom stereocenters. The highest BCUT2D eigenvalue weighted by Gasteiger charge is 2.43. The van der Waals surface area contributed by atoms with E-state index in [0.29, 0.717) is 12.0 Å². The lowest BCUT2D eigenvalue weighted by Gasteiger charge is -2.48. The lowest BCUT2D eigenvalue weighted by molar-refractivity contribution is -0.137. The van der Waals surface area contributed by atoms with Gasteiger partial charge in [0.25, 0.3) is 0 Å². The molecule has 2 aromatic rings. The number of piperidine rings is 1. The van der Waals surface area contributed by atoms with E-state index in [1.165, 1.54) is 16.3 Å². The Morgan fingerprint density at radius 1 is 1.11 bits per heavy atom. The zero-order valence-corrected chi connectivity index (χ0v) is 16.4. The topological polar surface area (TPSA) is 58.4 Å². The Morgan fingerprint density at radius 2 is 1.93 bits per heavy atom.